The number of aryl methyl sites for hydroxylation is 2. The first kappa shape index (κ1) is 18.4. The molecule has 1 aliphatic rings. The van der Waals surface area contributed by atoms with E-state index in [1.165, 1.54) is 0 Å². The summed E-state index contributed by atoms with van der Waals surface area (Å²) in [6, 6.07) is -0.0722. The number of amides is 2. The third-order valence-electron chi connectivity index (χ3n) is 4.62. The second-order valence-electron chi connectivity index (χ2n) is 6.65. The highest BCUT2D eigenvalue weighted by atomic mass is 16.5. The van der Waals surface area contributed by atoms with Crippen molar-refractivity contribution in [1.29, 1.82) is 0 Å². The molecular weight excluding hydrogens is 336 g/mol. The van der Waals surface area contributed by atoms with Gasteiger partial charge in [-0.3, -0.25) is 4.68 Å². The molecule has 2 aromatic heterocycles. The van der Waals surface area contributed by atoms with Gasteiger partial charge in [0.2, 0.25) is 5.89 Å². The van der Waals surface area contributed by atoms with Crippen molar-refractivity contribution in [2.45, 2.75) is 38.6 Å². The van der Waals surface area contributed by atoms with Gasteiger partial charge in [-0.25, -0.2) is 4.79 Å². The molecule has 3 heterocycles. The molecule has 142 valence electrons. The number of hydrogen-bond acceptors (Lipinski definition) is 6. The number of ether oxygens (including phenoxy) is 1. The predicted molar refractivity (Wildman–Crippen MR) is 93.6 cm³/mol. The Morgan fingerprint density at radius 1 is 1.50 bits per heavy atom. The van der Waals surface area contributed by atoms with Crippen molar-refractivity contribution < 1.29 is 14.1 Å². The monoisotopic (exact) mass is 362 g/mol. The summed E-state index contributed by atoms with van der Waals surface area (Å²) in [5, 5.41) is 11.3. The Balaban J connectivity index is 1.54. The number of hydrogen-bond donors (Lipinski definition) is 1. The highest BCUT2D eigenvalue weighted by Crippen LogP contribution is 2.25. The summed E-state index contributed by atoms with van der Waals surface area (Å²) >= 11 is 0. The van der Waals surface area contributed by atoms with Crippen LogP contribution in [0.15, 0.2) is 10.7 Å². The molecule has 0 aromatic carbocycles. The lowest BCUT2D eigenvalue weighted by Crippen LogP contribution is -2.44. The van der Waals surface area contributed by atoms with Crippen molar-refractivity contribution in [3.8, 4) is 0 Å². The molecule has 26 heavy (non-hydrogen) atoms. The van der Waals surface area contributed by atoms with Gasteiger partial charge in [0, 0.05) is 52.0 Å². The number of nitrogens with one attached hydrogen (secondary N) is 1. The van der Waals surface area contributed by atoms with Crippen molar-refractivity contribution in [3.05, 3.63) is 29.2 Å². The topological polar surface area (TPSA) is 98.3 Å². The highest BCUT2D eigenvalue weighted by molar-refractivity contribution is 5.74. The number of methoxy groups -OCH3 is 1. The van der Waals surface area contributed by atoms with Crippen LogP contribution in [0.2, 0.25) is 0 Å². The number of carbonyl (C=O) groups is 1. The molecule has 1 atom stereocenters. The van der Waals surface area contributed by atoms with Crippen LogP contribution < -0.4 is 5.32 Å². The lowest BCUT2D eigenvalue weighted by molar-refractivity contribution is 0.171. The average Bonchev–Trinajstić information content (AvgIpc) is 3.24. The fraction of sp³-hybridized carbons (Fsp3) is 0.647. The first-order valence-electron chi connectivity index (χ1n) is 8.90. The van der Waals surface area contributed by atoms with Crippen LogP contribution in [0.5, 0.6) is 0 Å². The summed E-state index contributed by atoms with van der Waals surface area (Å²) < 4.78 is 12.2. The third-order valence-corrected chi connectivity index (χ3v) is 4.62. The molecular formula is C17H26N6O3. The first-order chi connectivity index (χ1) is 12.6. The van der Waals surface area contributed by atoms with E-state index in [0.29, 0.717) is 37.8 Å². The highest BCUT2D eigenvalue weighted by Gasteiger charge is 2.28. The molecule has 1 unspecified atom stereocenters. The SMILES string of the molecule is COCCc1noc(C2CCCN(C(=O)NCc3cn(C)nc3C)C2)n1. The Hall–Kier alpha value is -2.42. The molecule has 1 saturated heterocycles. The lowest BCUT2D eigenvalue weighted by atomic mass is 9.98. The minimum absolute atomic E-state index is 0.0722. The van der Waals surface area contributed by atoms with Crippen molar-refractivity contribution in [1.82, 2.24) is 30.1 Å². The van der Waals surface area contributed by atoms with Gasteiger partial charge in [-0.05, 0) is 19.8 Å². The zero-order valence-corrected chi connectivity index (χ0v) is 15.6. The molecule has 2 amide bonds. The maximum absolute atomic E-state index is 12.5. The van der Waals surface area contributed by atoms with Gasteiger partial charge in [0.15, 0.2) is 5.82 Å². The van der Waals surface area contributed by atoms with Crippen molar-refractivity contribution in [2.75, 3.05) is 26.8 Å². The Morgan fingerprint density at radius 3 is 3.08 bits per heavy atom. The van der Waals surface area contributed by atoms with Crippen molar-refractivity contribution in [3.63, 3.8) is 0 Å². The van der Waals surface area contributed by atoms with E-state index in [1.54, 1.807) is 11.8 Å². The van der Waals surface area contributed by atoms with E-state index in [4.69, 9.17) is 9.26 Å². The third kappa shape index (κ3) is 4.40. The van der Waals surface area contributed by atoms with Gasteiger partial charge < -0.3 is 19.5 Å². The van der Waals surface area contributed by atoms with E-state index in [-0.39, 0.29) is 11.9 Å². The number of likely N-dealkylation sites (tertiary alicyclic amines) is 1. The molecule has 0 spiro atoms. The Labute approximate surface area is 152 Å². The van der Waals surface area contributed by atoms with E-state index in [1.807, 2.05) is 25.1 Å². The predicted octanol–water partition coefficient (Wildman–Crippen LogP) is 1.39. The van der Waals surface area contributed by atoms with Gasteiger partial charge in [-0.1, -0.05) is 5.16 Å². The number of urea groups is 1. The Morgan fingerprint density at radius 2 is 2.35 bits per heavy atom. The Kier molecular flexibility index (Phi) is 5.87. The van der Waals surface area contributed by atoms with Crippen LogP contribution in [0.1, 0.15) is 41.7 Å². The zero-order chi connectivity index (χ0) is 18.5. The van der Waals surface area contributed by atoms with Crippen LogP contribution in [-0.2, 0) is 24.8 Å². The van der Waals surface area contributed by atoms with E-state index >= 15 is 0 Å². The van der Waals surface area contributed by atoms with Crippen LogP contribution >= 0.6 is 0 Å². The second-order valence-corrected chi connectivity index (χ2v) is 6.65. The first-order valence-corrected chi connectivity index (χ1v) is 8.90. The Bertz CT molecular complexity index is 741. The van der Waals surface area contributed by atoms with Crippen molar-refractivity contribution in [2.24, 2.45) is 7.05 Å². The van der Waals surface area contributed by atoms with E-state index in [0.717, 1.165) is 30.6 Å². The zero-order valence-electron chi connectivity index (χ0n) is 15.6. The molecule has 0 aliphatic carbocycles. The summed E-state index contributed by atoms with van der Waals surface area (Å²) in [6.07, 6.45) is 4.41. The minimum atomic E-state index is -0.0722. The summed E-state index contributed by atoms with van der Waals surface area (Å²) in [4.78, 5) is 18.8. The smallest absolute Gasteiger partial charge is 0.317 e. The van der Waals surface area contributed by atoms with Gasteiger partial charge in [-0.2, -0.15) is 10.1 Å². The fourth-order valence-electron chi connectivity index (χ4n) is 3.20. The molecule has 9 nitrogen and oxygen atoms in total. The van der Waals surface area contributed by atoms with E-state index < -0.39 is 0 Å². The number of rotatable bonds is 6. The molecule has 9 heteroatoms. The maximum Gasteiger partial charge on any atom is 0.317 e. The standard InChI is InChI=1S/C17H26N6O3/c1-12-14(10-22(2)20-12)9-18-17(24)23-7-4-5-13(11-23)16-19-15(21-26-16)6-8-25-3/h10,13H,4-9,11H2,1-3H3,(H,18,24). The maximum atomic E-state index is 12.5. The van der Waals surface area contributed by atoms with Gasteiger partial charge in [0.05, 0.1) is 18.2 Å². The van der Waals surface area contributed by atoms with Crippen LogP contribution in [0, 0.1) is 6.92 Å². The van der Waals surface area contributed by atoms with Gasteiger partial charge in [0.25, 0.3) is 0 Å². The van der Waals surface area contributed by atoms with E-state index in [9.17, 15) is 4.79 Å². The molecule has 0 saturated carbocycles. The summed E-state index contributed by atoms with van der Waals surface area (Å²) in [5.41, 5.74) is 1.95. The largest absolute Gasteiger partial charge is 0.384 e. The molecule has 3 rings (SSSR count). The normalized spacial score (nSPS) is 17.5. The van der Waals surface area contributed by atoms with Crippen molar-refractivity contribution >= 4 is 6.03 Å². The number of piperidine rings is 1. The summed E-state index contributed by atoms with van der Waals surface area (Å²) in [7, 11) is 3.52. The quantitative estimate of drug-likeness (QED) is 0.834. The van der Waals surface area contributed by atoms with Crippen LogP contribution in [0.25, 0.3) is 0 Å². The number of nitrogens with zero attached hydrogens (tertiary/aromatic N) is 5. The van der Waals surface area contributed by atoms with Gasteiger partial charge in [-0.15, -0.1) is 0 Å². The lowest BCUT2D eigenvalue weighted by Gasteiger charge is -2.31. The molecule has 0 bridgehead atoms. The van der Waals surface area contributed by atoms with Crippen LogP contribution in [-0.4, -0.2) is 57.7 Å². The molecule has 1 fully saturated rings. The molecule has 1 N–H and O–H groups in total. The van der Waals surface area contributed by atoms with Crippen LogP contribution in [0.3, 0.4) is 0 Å². The average molecular weight is 362 g/mol. The second kappa shape index (κ2) is 8.31. The van der Waals surface area contributed by atoms with E-state index in [2.05, 4.69) is 20.6 Å². The summed E-state index contributed by atoms with van der Waals surface area (Å²) in [5.74, 6) is 1.34. The molecule has 2 aromatic rings. The summed E-state index contributed by atoms with van der Waals surface area (Å²) in [6.45, 7) is 4.30. The minimum Gasteiger partial charge on any atom is -0.384 e. The number of aromatic nitrogens is 4. The fourth-order valence-corrected chi connectivity index (χ4v) is 3.20. The van der Waals surface area contributed by atoms with Gasteiger partial charge in [0.1, 0.15) is 0 Å². The number of carbonyl (C=O) groups excluding carboxylic acids is 1. The molecule has 1 aliphatic heterocycles. The van der Waals surface area contributed by atoms with Crippen LogP contribution in [0.4, 0.5) is 4.79 Å². The molecule has 0 radical (unpaired) electrons. The van der Waals surface area contributed by atoms with Gasteiger partial charge >= 0.3 is 6.03 Å².